The van der Waals surface area contributed by atoms with Crippen LogP contribution in [0, 0.1) is 0 Å². The molecule has 4 rings (SSSR count). The van der Waals surface area contributed by atoms with Crippen LogP contribution in [-0.4, -0.2) is 30.9 Å². The van der Waals surface area contributed by atoms with Crippen LogP contribution in [0.15, 0.2) is 23.6 Å². The van der Waals surface area contributed by atoms with Crippen LogP contribution in [0.2, 0.25) is 0 Å². The van der Waals surface area contributed by atoms with Gasteiger partial charge in [0.1, 0.15) is 22.0 Å². The third-order valence-corrected chi connectivity index (χ3v) is 7.35. The molecule has 0 saturated heterocycles. The Morgan fingerprint density at radius 3 is 3.04 bits per heavy atom. The zero-order valence-electron chi connectivity index (χ0n) is 15.7. The number of aromatic nitrogens is 4. The highest BCUT2D eigenvalue weighted by Crippen LogP contribution is 2.40. The summed E-state index contributed by atoms with van der Waals surface area (Å²) < 4.78 is 1.87. The van der Waals surface area contributed by atoms with Gasteiger partial charge in [-0.25, -0.2) is 14.6 Å². The molecule has 0 fully saturated rings. The first-order valence-corrected chi connectivity index (χ1v) is 11.0. The van der Waals surface area contributed by atoms with Crippen LogP contribution in [-0.2, 0) is 17.6 Å². The fourth-order valence-electron chi connectivity index (χ4n) is 3.38. The van der Waals surface area contributed by atoms with Gasteiger partial charge in [0.05, 0.1) is 17.5 Å². The molecule has 3 heterocycles. The predicted octanol–water partition coefficient (Wildman–Crippen LogP) is 4.47. The number of carbonyl (C=O) groups excluding carboxylic acids is 1. The van der Waals surface area contributed by atoms with Gasteiger partial charge in [0, 0.05) is 16.3 Å². The maximum absolute atomic E-state index is 12.8. The minimum atomic E-state index is -0.264. The molecule has 27 heavy (non-hydrogen) atoms. The van der Waals surface area contributed by atoms with E-state index in [4.69, 9.17) is 0 Å². The normalized spacial score (nSPS) is 15.7. The van der Waals surface area contributed by atoms with Gasteiger partial charge in [-0.3, -0.25) is 4.79 Å². The van der Waals surface area contributed by atoms with Gasteiger partial charge in [0.15, 0.2) is 0 Å². The molecule has 8 heteroatoms. The van der Waals surface area contributed by atoms with Crippen molar-refractivity contribution in [3.63, 3.8) is 0 Å². The largest absolute Gasteiger partial charge is 0.310 e. The molecular formula is C19H23N5OS2. The average Bonchev–Trinajstić information content (AvgIpc) is 3.36. The first kappa shape index (κ1) is 18.4. The zero-order chi connectivity index (χ0) is 19.0. The molecule has 1 amide bonds. The van der Waals surface area contributed by atoms with E-state index in [1.54, 1.807) is 23.9 Å². The number of aryl methyl sites for hydroxylation is 2. The maximum atomic E-state index is 12.8. The fourth-order valence-corrected chi connectivity index (χ4v) is 5.62. The molecule has 1 aliphatic rings. The van der Waals surface area contributed by atoms with E-state index in [1.165, 1.54) is 28.6 Å². The molecule has 3 aromatic heterocycles. The van der Waals surface area contributed by atoms with Crippen LogP contribution in [0.1, 0.15) is 50.1 Å². The van der Waals surface area contributed by atoms with Gasteiger partial charge < -0.3 is 5.32 Å². The lowest BCUT2D eigenvalue weighted by Crippen LogP contribution is -2.25. The zero-order valence-corrected chi connectivity index (χ0v) is 17.4. The molecule has 0 radical (unpaired) electrons. The highest BCUT2D eigenvalue weighted by Gasteiger charge is 2.24. The number of hydrogen-bond donors (Lipinski definition) is 1. The summed E-state index contributed by atoms with van der Waals surface area (Å²) in [5.74, 6) is 0.703. The summed E-state index contributed by atoms with van der Waals surface area (Å²) in [5, 5.41) is 9.16. The highest BCUT2D eigenvalue weighted by molar-refractivity contribution is 8.00. The number of rotatable bonds is 6. The minimum absolute atomic E-state index is 0.0382. The first-order valence-electron chi connectivity index (χ1n) is 9.34. The van der Waals surface area contributed by atoms with E-state index >= 15 is 0 Å². The number of thiophene rings is 1. The van der Waals surface area contributed by atoms with Gasteiger partial charge >= 0.3 is 0 Å². The Labute approximate surface area is 166 Å². The second-order valence-electron chi connectivity index (χ2n) is 6.88. The molecule has 0 unspecified atom stereocenters. The summed E-state index contributed by atoms with van der Waals surface area (Å²) >= 11 is 3.28. The van der Waals surface area contributed by atoms with Crippen molar-refractivity contribution < 1.29 is 4.79 Å². The van der Waals surface area contributed by atoms with Gasteiger partial charge in [-0.15, -0.1) is 11.3 Å². The Kier molecular flexibility index (Phi) is 5.19. The van der Waals surface area contributed by atoms with E-state index in [1.807, 2.05) is 17.7 Å². The number of fused-ring (bicyclic) bond motifs is 3. The Hall–Kier alpha value is -1.93. The summed E-state index contributed by atoms with van der Waals surface area (Å²) in [4.78, 5) is 24.2. The van der Waals surface area contributed by atoms with Crippen LogP contribution in [0.4, 0.5) is 5.82 Å². The van der Waals surface area contributed by atoms with E-state index in [9.17, 15) is 4.79 Å². The van der Waals surface area contributed by atoms with Crippen LogP contribution < -0.4 is 5.32 Å². The second-order valence-corrected chi connectivity index (χ2v) is 9.30. The van der Waals surface area contributed by atoms with Gasteiger partial charge in [-0.05, 0) is 45.1 Å². The number of hydrogen-bond acceptors (Lipinski definition) is 6. The smallest absolute Gasteiger partial charge is 0.238 e. The SMILES string of the molecule is CC[C@@H](C)n1nccc1NC(=O)[C@H](C)Sc1ncnc2sc3c(c12)CCC3. The summed E-state index contributed by atoms with van der Waals surface area (Å²) in [7, 11) is 0. The predicted molar refractivity (Wildman–Crippen MR) is 111 cm³/mol. The Balaban J connectivity index is 1.53. The van der Waals surface area contributed by atoms with E-state index < -0.39 is 0 Å². The number of amides is 1. The number of carbonyl (C=O) groups is 1. The lowest BCUT2D eigenvalue weighted by Gasteiger charge is -2.16. The van der Waals surface area contributed by atoms with Crippen molar-refractivity contribution in [1.82, 2.24) is 19.7 Å². The molecular weight excluding hydrogens is 378 g/mol. The van der Waals surface area contributed by atoms with Crippen LogP contribution in [0.5, 0.6) is 0 Å². The van der Waals surface area contributed by atoms with E-state index in [0.29, 0.717) is 0 Å². The molecule has 0 aliphatic heterocycles. The first-order chi connectivity index (χ1) is 13.1. The number of nitrogens with zero attached hydrogens (tertiary/aromatic N) is 4. The summed E-state index contributed by atoms with van der Waals surface area (Å²) in [5.41, 5.74) is 1.39. The van der Waals surface area contributed by atoms with Gasteiger partial charge in [-0.2, -0.15) is 5.10 Å². The molecule has 0 saturated carbocycles. The van der Waals surface area contributed by atoms with Crippen molar-refractivity contribution in [2.75, 3.05) is 5.32 Å². The van der Waals surface area contributed by atoms with Crippen LogP contribution in [0.3, 0.4) is 0 Å². The standard InChI is InChI=1S/C19H23N5OS2/c1-4-11(2)24-15(8-9-22-24)23-17(25)12(3)26-18-16-13-6-5-7-14(13)27-19(16)21-10-20-18/h8-12H,4-7H2,1-3H3,(H,23,25)/t11-,12+/m1/s1. The Morgan fingerprint density at radius 1 is 1.37 bits per heavy atom. The lowest BCUT2D eigenvalue weighted by molar-refractivity contribution is -0.115. The van der Waals surface area contributed by atoms with Crippen molar-refractivity contribution >= 4 is 45.0 Å². The third-order valence-electron chi connectivity index (χ3n) is 5.05. The quantitative estimate of drug-likeness (QED) is 0.487. The van der Waals surface area contributed by atoms with E-state index in [2.05, 4.69) is 34.2 Å². The molecule has 0 spiro atoms. The molecule has 3 aromatic rings. The number of nitrogens with one attached hydrogen (secondary N) is 1. The van der Waals surface area contributed by atoms with Crippen molar-refractivity contribution in [3.8, 4) is 0 Å². The summed E-state index contributed by atoms with van der Waals surface area (Å²) in [6.07, 6.45) is 7.71. The topological polar surface area (TPSA) is 72.7 Å². The third kappa shape index (κ3) is 3.48. The molecule has 0 aromatic carbocycles. The monoisotopic (exact) mass is 401 g/mol. The second kappa shape index (κ2) is 7.59. The van der Waals surface area contributed by atoms with Gasteiger partial charge in [-0.1, -0.05) is 18.7 Å². The summed E-state index contributed by atoms with van der Waals surface area (Å²) in [6.45, 7) is 6.12. The average molecular weight is 402 g/mol. The molecule has 2 atom stereocenters. The molecule has 0 bridgehead atoms. The number of anilines is 1. The Morgan fingerprint density at radius 2 is 2.22 bits per heavy atom. The van der Waals surface area contributed by atoms with Gasteiger partial charge in [0.25, 0.3) is 0 Å². The molecule has 6 nitrogen and oxygen atoms in total. The molecule has 1 N–H and O–H groups in total. The molecule has 142 valence electrons. The van der Waals surface area contributed by atoms with E-state index in [-0.39, 0.29) is 17.2 Å². The van der Waals surface area contributed by atoms with Crippen LogP contribution >= 0.6 is 23.1 Å². The number of thioether (sulfide) groups is 1. The van der Waals surface area contributed by atoms with Gasteiger partial charge in [0.2, 0.25) is 5.91 Å². The minimum Gasteiger partial charge on any atom is -0.310 e. The van der Waals surface area contributed by atoms with Crippen molar-refractivity contribution in [3.05, 3.63) is 29.0 Å². The van der Waals surface area contributed by atoms with Crippen molar-refractivity contribution in [1.29, 1.82) is 0 Å². The maximum Gasteiger partial charge on any atom is 0.238 e. The lowest BCUT2D eigenvalue weighted by atomic mass is 10.2. The van der Waals surface area contributed by atoms with Crippen LogP contribution in [0.25, 0.3) is 10.2 Å². The highest BCUT2D eigenvalue weighted by atomic mass is 32.2. The fraction of sp³-hybridized carbons (Fsp3) is 0.474. The summed E-state index contributed by atoms with van der Waals surface area (Å²) in [6, 6.07) is 2.09. The van der Waals surface area contributed by atoms with Crippen molar-refractivity contribution in [2.24, 2.45) is 0 Å². The Bertz CT molecular complexity index is 980. The molecule has 1 aliphatic carbocycles. The van der Waals surface area contributed by atoms with Crippen molar-refractivity contribution in [2.45, 2.75) is 62.8 Å². The van der Waals surface area contributed by atoms with E-state index in [0.717, 1.165) is 40.3 Å².